The summed E-state index contributed by atoms with van der Waals surface area (Å²) in [5.74, 6) is 0.974. The molecule has 2 rings (SSSR count). The van der Waals surface area contributed by atoms with Gasteiger partial charge in [-0.3, -0.25) is 0 Å². The number of aliphatic hydroxyl groups is 1. The molecule has 4 nitrogen and oxygen atoms in total. The first-order valence-corrected chi connectivity index (χ1v) is 6.86. The van der Waals surface area contributed by atoms with Crippen LogP contribution in [0.4, 0.5) is 10.8 Å². The van der Waals surface area contributed by atoms with E-state index in [9.17, 15) is 0 Å². The van der Waals surface area contributed by atoms with Crippen molar-refractivity contribution >= 4 is 22.2 Å². The van der Waals surface area contributed by atoms with Crippen molar-refractivity contribution in [3.63, 3.8) is 0 Å². The predicted octanol–water partition coefficient (Wildman–Crippen LogP) is 3.90. The number of aliphatic hydroxyl groups excluding tert-OH is 1. The van der Waals surface area contributed by atoms with Crippen molar-refractivity contribution in [1.82, 2.24) is 4.98 Å². The largest absolute Gasteiger partial charge is 0.513 e. The van der Waals surface area contributed by atoms with Crippen LogP contribution in [0.2, 0.25) is 0 Å². The maximum Gasteiger partial charge on any atom is 0.187 e. The zero-order valence-corrected chi connectivity index (χ0v) is 11.5. The van der Waals surface area contributed by atoms with E-state index >= 15 is 0 Å². The minimum Gasteiger partial charge on any atom is -0.513 e. The van der Waals surface area contributed by atoms with Gasteiger partial charge in [0.1, 0.15) is 5.75 Å². The summed E-state index contributed by atoms with van der Waals surface area (Å²) in [6.07, 6.45) is 0.390. The number of allylic oxidation sites excluding steroid dienone is 1. The van der Waals surface area contributed by atoms with E-state index in [4.69, 9.17) is 9.84 Å². The zero-order valence-electron chi connectivity index (χ0n) is 10.7. The van der Waals surface area contributed by atoms with Gasteiger partial charge in [-0.1, -0.05) is 6.58 Å². The molecular weight excluding hydrogens is 260 g/mol. The van der Waals surface area contributed by atoms with Crippen LogP contribution in [-0.4, -0.2) is 16.7 Å². The van der Waals surface area contributed by atoms with Gasteiger partial charge in [0.25, 0.3) is 0 Å². The normalized spacial score (nSPS) is 10.2. The summed E-state index contributed by atoms with van der Waals surface area (Å²) >= 11 is 1.50. The van der Waals surface area contributed by atoms with Crippen LogP contribution in [-0.2, 0) is 6.42 Å². The first-order valence-electron chi connectivity index (χ1n) is 5.98. The summed E-state index contributed by atoms with van der Waals surface area (Å²) in [6.45, 7) is 6.07. The van der Waals surface area contributed by atoms with Crippen molar-refractivity contribution in [2.45, 2.75) is 13.3 Å². The Morgan fingerprint density at radius 2 is 2.16 bits per heavy atom. The van der Waals surface area contributed by atoms with Gasteiger partial charge in [0, 0.05) is 17.5 Å². The fraction of sp³-hybridized carbons (Fsp3) is 0.214. The predicted molar refractivity (Wildman–Crippen MR) is 78.5 cm³/mol. The average Bonchev–Trinajstić information content (AvgIpc) is 2.78. The van der Waals surface area contributed by atoms with Gasteiger partial charge in [0.15, 0.2) is 5.13 Å². The van der Waals surface area contributed by atoms with Gasteiger partial charge >= 0.3 is 0 Å². The van der Waals surface area contributed by atoms with Gasteiger partial charge in [0.2, 0.25) is 0 Å². The zero-order chi connectivity index (χ0) is 13.7. The number of hydrogen-bond donors (Lipinski definition) is 2. The molecule has 0 saturated heterocycles. The Kier molecular flexibility index (Phi) is 4.41. The quantitative estimate of drug-likeness (QED) is 0.786. The van der Waals surface area contributed by atoms with E-state index in [-0.39, 0.29) is 5.76 Å². The van der Waals surface area contributed by atoms with Crippen LogP contribution in [0.5, 0.6) is 5.75 Å². The summed E-state index contributed by atoms with van der Waals surface area (Å²) in [7, 11) is 0. The number of ether oxygens (including phenoxy) is 1. The van der Waals surface area contributed by atoms with Gasteiger partial charge in [-0.15, -0.1) is 11.3 Å². The van der Waals surface area contributed by atoms with Crippen molar-refractivity contribution < 1.29 is 9.84 Å². The van der Waals surface area contributed by atoms with E-state index in [1.807, 2.05) is 36.6 Å². The van der Waals surface area contributed by atoms with E-state index < -0.39 is 0 Å². The number of hydrogen-bond acceptors (Lipinski definition) is 5. The highest BCUT2D eigenvalue weighted by Crippen LogP contribution is 2.23. The molecule has 2 N–H and O–H groups in total. The lowest BCUT2D eigenvalue weighted by Gasteiger charge is -2.05. The first-order chi connectivity index (χ1) is 9.17. The maximum absolute atomic E-state index is 9.12. The lowest BCUT2D eigenvalue weighted by atomic mass is 10.3. The van der Waals surface area contributed by atoms with E-state index in [0.717, 1.165) is 22.3 Å². The summed E-state index contributed by atoms with van der Waals surface area (Å²) in [6, 6.07) is 7.71. The van der Waals surface area contributed by atoms with Crippen molar-refractivity contribution in [3.05, 3.63) is 47.7 Å². The topological polar surface area (TPSA) is 54.4 Å². The Hall–Kier alpha value is -2.01. The number of rotatable bonds is 6. The molecule has 2 aromatic rings. The fourth-order valence-electron chi connectivity index (χ4n) is 1.58. The lowest BCUT2D eigenvalue weighted by molar-refractivity contribution is 0.340. The highest BCUT2D eigenvalue weighted by Gasteiger charge is 2.03. The number of nitrogens with zero attached hydrogens (tertiary/aromatic N) is 1. The molecule has 0 unspecified atom stereocenters. The molecule has 0 aliphatic rings. The Labute approximate surface area is 116 Å². The molecule has 0 radical (unpaired) electrons. The van der Waals surface area contributed by atoms with Crippen LogP contribution in [0.25, 0.3) is 0 Å². The summed E-state index contributed by atoms with van der Waals surface area (Å²) in [5, 5.41) is 15.0. The van der Waals surface area contributed by atoms with Gasteiger partial charge in [-0.05, 0) is 31.2 Å². The minimum absolute atomic E-state index is 0.123. The third-order valence-corrected chi connectivity index (χ3v) is 3.16. The molecule has 1 aromatic carbocycles. The third-order valence-electron chi connectivity index (χ3n) is 2.35. The summed E-state index contributed by atoms with van der Waals surface area (Å²) < 4.78 is 5.38. The van der Waals surface area contributed by atoms with Crippen LogP contribution in [0, 0.1) is 0 Å². The third kappa shape index (κ3) is 3.99. The Balaban J connectivity index is 2.00. The van der Waals surface area contributed by atoms with Gasteiger partial charge in [-0.25, -0.2) is 4.98 Å². The Morgan fingerprint density at radius 1 is 1.42 bits per heavy atom. The number of anilines is 2. The van der Waals surface area contributed by atoms with Crippen LogP contribution < -0.4 is 10.1 Å². The SMILES string of the molecule is C=C(O)Cc1csc(Nc2ccc(OCC)cc2)n1. The summed E-state index contributed by atoms with van der Waals surface area (Å²) in [5.41, 5.74) is 1.76. The highest BCUT2D eigenvalue weighted by molar-refractivity contribution is 7.13. The molecule has 1 heterocycles. The van der Waals surface area contributed by atoms with Crippen LogP contribution >= 0.6 is 11.3 Å². The van der Waals surface area contributed by atoms with Crippen molar-refractivity contribution in [2.24, 2.45) is 0 Å². The van der Waals surface area contributed by atoms with Crippen molar-refractivity contribution in [3.8, 4) is 5.75 Å². The molecule has 0 atom stereocenters. The molecule has 19 heavy (non-hydrogen) atoms. The second-order valence-corrected chi connectivity index (χ2v) is 4.83. The monoisotopic (exact) mass is 276 g/mol. The second kappa shape index (κ2) is 6.24. The lowest BCUT2D eigenvalue weighted by Crippen LogP contribution is -1.93. The van der Waals surface area contributed by atoms with Crippen LogP contribution in [0.3, 0.4) is 0 Å². The standard InChI is InChI=1S/C14H16N2O2S/c1-3-18-13-6-4-11(5-7-13)15-14-16-12(9-19-14)8-10(2)17/h4-7,9,17H,2-3,8H2,1H3,(H,15,16). The molecule has 100 valence electrons. The maximum atomic E-state index is 9.12. The molecule has 1 aromatic heterocycles. The molecule has 0 amide bonds. The number of aromatic nitrogens is 1. The molecule has 0 bridgehead atoms. The summed E-state index contributed by atoms with van der Waals surface area (Å²) in [4.78, 5) is 4.36. The molecule has 0 fully saturated rings. The molecule has 0 aliphatic heterocycles. The molecule has 0 spiro atoms. The van der Waals surface area contributed by atoms with Crippen molar-refractivity contribution in [2.75, 3.05) is 11.9 Å². The van der Waals surface area contributed by atoms with Gasteiger partial charge in [-0.2, -0.15) is 0 Å². The van der Waals surface area contributed by atoms with Crippen LogP contribution in [0.15, 0.2) is 42.0 Å². The molecular formula is C14H16N2O2S. The first kappa shape index (κ1) is 13.4. The smallest absolute Gasteiger partial charge is 0.187 e. The fourth-order valence-corrected chi connectivity index (χ4v) is 2.31. The number of thiazole rings is 1. The number of benzene rings is 1. The van der Waals surface area contributed by atoms with E-state index in [2.05, 4.69) is 16.9 Å². The highest BCUT2D eigenvalue weighted by atomic mass is 32.1. The van der Waals surface area contributed by atoms with E-state index in [1.165, 1.54) is 11.3 Å². The van der Waals surface area contributed by atoms with Crippen molar-refractivity contribution in [1.29, 1.82) is 0 Å². The molecule has 0 aliphatic carbocycles. The number of nitrogens with one attached hydrogen (secondary N) is 1. The van der Waals surface area contributed by atoms with Gasteiger partial charge < -0.3 is 15.2 Å². The second-order valence-electron chi connectivity index (χ2n) is 3.97. The molecule has 0 saturated carbocycles. The van der Waals surface area contributed by atoms with E-state index in [0.29, 0.717) is 13.0 Å². The Morgan fingerprint density at radius 3 is 2.79 bits per heavy atom. The average molecular weight is 276 g/mol. The van der Waals surface area contributed by atoms with Gasteiger partial charge in [0.05, 0.1) is 18.1 Å². The van der Waals surface area contributed by atoms with Crippen LogP contribution in [0.1, 0.15) is 12.6 Å². The Bertz CT molecular complexity index is 549. The van der Waals surface area contributed by atoms with E-state index in [1.54, 1.807) is 0 Å². The minimum atomic E-state index is 0.123. The molecule has 5 heteroatoms.